The number of benzene rings is 2. The lowest BCUT2D eigenvalue weighted by Gasteiger charge is -2.50. The Morgan fingerprint density at radius 3 is 2.85 bits per heavy atom. The van der Waals surface area contributed by atoms with E-state index in [1.807, 2.05) is 19.1 Å². The fourth-order valence-corrected chi connectivity index (χ4v) is 3.65. The minimum absolute atomic E-state index is 0.0302. The van der Waals surface area contributed by atoms with Crippen molar-refractivity contribution in [2.45, 2.75) is 25.1 Å². The lowest BCUT2D eigenvalue weighted by atomic mass is 9.90. The van der Waals surface area contributed by atoms with Crippen molar-refractivity contribution in [1.29, 1.82) is 0 Å². The smallest absolute Gasteiger partial charge is 0.325 e. The van der Waals surface area contributed by atoms with Crippen LogP contribution < -0.4 is 19.7 Å². The Morgan fingerprint density at radius 1 is 1.35 bits per heavy atom. The monoisotopic (exact) mass is 355 g/mol. The molecule has 8 heteroatoms. The first-order valence-corrected chi connectivity index (χ1v) is 8.14. The summed E-state index contributed by atoms with van der Waals surface area (Å²) in [4.78, 5) is 25.0. The summed E-state index contributed by atoms with van der Waals surface area (Å²) >= 11 is 0. The molecule has 2 heterocycles. The van der Waals surface area contributed by atoms with E-state index in [1.165, 1.54) is 17.0 Å². The van der Waals surface area contributed by atoms with Crippen LogP contribution in [0.3, 0.4) is 0 Å². The molecule has 0 aliphatic carbocycles. The Labute approximate surface area is 149 Å². The van der Waals surface area contributed by atoms with Gasteiger partial charge in [0.05, 0.1) is 23.8 Å². The number of methoxy groups -OCH3 is 1. The number of carbonyl (C=O) groups excluding carboxylic acids is 1. The number of ether oxygens (including phenoxy) is 2. The number of fused-ring (bicyclic) bond motifs is 4. The van der Waals surface area contributed by atoms with E-state index in [9.17, 15) is 14.9 Å². The van der Waals surface area contributed by atoms with Crippen LogP contribution in [0.5, 0.6) is 11.5 Å². The number of non-ortho nitro benzene ring substituents is 1. The molecule has 0 unspecified atom stereocenters. The number of carbonyl (C=O) groups is 1. The van der Waals surface area contributed by atoms with Gasteiger partial charge in [0.25, 0.3) is 5.69 Å². The molecule has 1 N–H and O–H groups in total. The molecule has 26 heavy (non-hydrogen) atoms. The van der Waals surface area contributed by atoms with Crippen LogP contribution in [-0.4, -0.2) is 23.8 Å². The van der Waals surface area contributed by atoms with E-state index in [1.54, 1.807) is 25.3 Å². The van der Waals surface area contributed by atoms with E-state index in [-0.39, 0.29) is 17.8 Å². The van der Waals surface area contributed by atoms with E-state index < -0.39 is 10.6 Å². The number of nitrogens with zero attached hydrogens (tertiary/aromatic N) is 2. The lowest BCUT2D eigenvalue weighted by molar-refractivity contribution is -0.385. The Kier molecular flexibility index (Phi) is 3.50. The molecule has 0 saturated carbocycles. The first kappa shape index (κ1) is 16.2. The summed E-state index contributed by atoms with van der Waals surface area (Å²) in [5.41, 5.74) is 0.242. The van der Waals surface area contributed by atoms with E-state index in [0.29, 0.717) is 29.2 Å². The van der Waals surface area contributed by atoms with Gasteiger partial charge in [-0.15, -0.1) is 0 Å². The van der Waals surface area contributed by atoms with Crippen molar-refractivity contribution in [2.24, 2.45) is 0 Å². The fraction of sp³-hybridized carbons (Fsp3) is 0.278. The number of nitrogens with one attached hydrogen (secondary N) is 1. The van der Waals surface area contributed by atoms with Crippen molar-refractivity contribution in [3.05, 3.63) is 58.1 Å². The number of urea groups is 1. The summed E-state index contributed by atoms with van der Waals surface area (Å²) in [5.74, 6) is 1.08. The van der Waals surface area contributed by atoms with Crippen LogP contribution in [0.1, 0.15) is 24.9 Å². The van der Waals surface area contributed by atoms with Gasteiger partial charge in [0.15, 0.2) is 5.72 Å². The molecule has 4 rings (SSSR count). The van der Waals surface area contributed by atoms with Gasteiger partial charge in [0.2, 0.25) is 0 Å². The largest absolute Gasteiger partial charge is 0.495 e. The van der Waals surface area contributed by atoms with Crippen LogP contribution in [-0.2, 0) is 0 Å². The van der Waals surface area contributed by atoms with Gasteiger partial charge in [-0.3, -0.25) is 15.0 Å². The summed E-state index contributed by atoms with van der Waals surface area (Å²) in [6.07, 6.45) is 0.449. The Bertz CT molecular complexity index is 915. The highest BCUT2D eigenvalue weighted by atomic mass is 16.6. The first-order chi connectivity index (χ1) is 12.4. The van der Waals surface area contributed by atoms with Gasteiger partial charge in [0.1, 0.15) is 11.5 Å². The quantitative estimate of drug-likeness (QED) is 0.673. The molecule has 0 spiro atoms. The Balaban J connectivity index is 1.80. The maximum atomic E-state index is 12.9. The lowest BCUT2D eigenvalue weighted by Crippen LogP contribution is -2.65. The molecule has 1 fully saturated rings. The molecule has 2 aromatic carbocycles. The fourth-order valence-electron chi connectivity index (χ4n) is 3.65. The van der Waals surface area contributed by atoms with E-state index >= 15 is 0 Å². The van der Waals surface area contributed by atoms with Crippen LogP contribution in [0.2, 0.25) is 0 Å². The third-order valence-electron chi connectivity index (χ3n) is 4.79. The maximum absolute atomic E-state index is 12.9. The topological polar surface area (TPSA) is 93.9 Å². The normalized spacial score (nSPS) is 23.5. The summed E-state index contributed by atoms with van der Waals surface area (Å²) < 4.78 is 11.5. The van der Waals surface area contributed by atoms with Crippen LogP contribution >= 0.6 is 0 Å². The summed E-state index contributed by atoms with van der Waals surface area (Å²) in [5, 5.41) is 14.0. The molecule has 2 bridgehead atoms. The predicted octanol–water partition coefficient (Wildman–Crippen LogP) is 3.37. The summed E-state index contributed by atoms with van der Waals surface area (Å²) in [6.45, 7) is 1.83. The van der Waals surface area contributed by atoms with Gasteiger partial charge in [-0.2, -0.15) is 0 Å². The van der Waals surface area contributed by atoms with E-state index in [0.717, 1.165) is 0 Å². The van der Waals surface area contributed by atoms with Crippen molar-refractivity contribution in [2.75, 3.05) is 12.0 Å². The molecule has 2 aromatic rings. The van der Waals surface area contributed by atoms with Crippen LogP contribution in [0.15, 0.2) is 42.5 Å². The zero-order chi connectivity index (χ0) is 18.5. The van der Waals surface area contributed by atoms with Crippen LogP contribution in [0, 0.1) is 10.1 Å². The van der Waals surface area contributed by atoms with Crippen molar-refractivity contribution >= 4 is 17.4 Å². The standard InChI is InChI=1S/C18H17N3O5/c1-18-10-13(12-9-11(21(23)24)7-8-15(12)26-18)19-17(22)20(18)14-5-3-4-6-16(14)25-2/h3-9,13H,10H2,1-2H3,(H,19,22)/t13-,18-/m0/s1. The number of hydrogen-bond donors (Lipinski definition) is 1. The van der Waals surface area contributed by atoms with E-state index in [4.69, 9.17) is 9.47 Å². The average molecular weight is 355 g/mol. The molecular formula is C18H17N3O5. The Hall–Kier alpha value is -3.29. The molecule has 0 radical (unpaired) electrons. The number of anilines is 1. The van der Waals surface area contributed by atoms with Crippen molar-refractivity contribution in [1.82, 2.24) is 5.32 Å². The SMILES string of the molecule is COc1ccccc1N1C(=O)N[C@H]2C[C@]1(C)Oc1ccc([N+](=O)[O-])cc12. The molecule has 2 aliphatic heterocycles. The van der Waals surface area contributed by atoms with Crippen LogP contribution in [0.25, 0.3) is 0 Å². The Morgan fingerprint density at radius 2 is 2.12 bits per heavy atom. The third-order valence-corrected chi connectivity index (χ3v) is 4.79. The second-order valence-electron chi connectivity index (χ2n) is 6.47. The molecule has 1 saturated heterocycles. The maximum Gasteiger partial charge on any atom is 0.325 e. The highest BCUT2D eigenvalue weighted by molar-refractivity contribution is 5.96. The first-order valence-electron chi connectivity index (χ1n) is 8.14. The second-order valence-corrected chi connectivity index (χ2v) is 6.47. The van der Waals surface area contributed by atoms with Gasteiger partial charge in [-0.1, -0.05) is 12.1 Å². The summed E-state index contributed by atoms with van der Waals surface area (Å²) in [7, 11) is 1.54. The highest BCUT2D eigenvalue weighted by Crippen LogP contribution is 2.47. The number of amides is 2. The molecule has 2 aliphatic rings. The zero-order valence-corrected chi connectivity index (χ0v) is 14.3. The number of para-hydroxylation sites is 2. The van der Waals surface area contributed by atoms with Gasteiger partial charge in [-0.25, -0.2) is 4.79 Å². The number of hydrogen-bond acceptors (Lipinski definition) is 5. The van der Waals surface area contributed by atoms with Crippen molar-refractivity contribution < 1.29 is 19.2 Å². The van der Waals surface area contributed by atoms with Crippen LogP contribution in [0.4, 0.5) is 16.2 Å². The number of rotatable bonds is 3. The van der Waals surface area contributed by atoms with E-state index in [2.05, 4.69) is 5.32 Å². The minimum Gasteiger partial charge on any atom is -0.495 e. The molecule has 2 amide bonds. The van der Waals surface area contributed by atoms with Gasteiger partial charge < -0.3 is 14.8 Å². The molecular weight excluding hydrogens is 338 g/mol. The molecule has 0 aromatic heterocycles. The predicted molar refractivity (Wildman–Crippen MR) is 93.5 cm³/mol. The third kappa shape index (κ3) is 2.33. The van der Waals surface area contributed by atoms with Gasteiger partial charge in [0, 0.05) is 24.1 Å². The number of nitro benzene ring substituents is 1. The molecule has 2 atom stereocenters. The highest BCUT2D eigenvalue weighted by Gasteiger charge is 2.50. The molecule has 134 valence electrons. The number of nitro groups is 1. The van der Waals surface area contributed by atoms with Gasteiger partial charge >= 0.3 is 6.03 Å². The average Bonchev–Trinajstić information content (AvgIpc) is 2.61. The molecule has 8 nitrogen and oxygen atoms in total. The summed E-state index contributed by atoms with van der Waals surface area (Å²) in [6, 6.07) is 10.9. The minimum atomic E-state index is -0.940. The van der Waals surface area contributed by atoms with Gasteiger partial charge in [-0.05, 0) is 25.1 Å². The second kappa shape index (κ2) is 5.62. The van der Waals surface area contributed by atoms with Crippen molar-refractivity contribution in [3.63, 3.8) is 0 Å². The van der Waals surface area contributed by atoms with Crippen molar-refractivity contribution in [3.8, 4) is 11.5 Å². The zero-order valence-electron chi connectivity index (χ0n) is 14.3.